The largest absolute Gasteiger partial charge is 0.338 e. The first kappa shape index (κ1) is 17.7. The van der Waals surface area contributed by atoms with E-state index in [1.165, 1.54) is 12.1 Å². The van der Waals surface area contributed by atoms with Gasteiger partial charge in [-0.3, -0.25) is 14.8 Å². The number of fused-ring (bicyclic) bond motifs is 1. The SMILES string of the molecule is O=C(NO)c1ccc2c(c1)C[C@]1(CC2)CCN(Cc2cccc(F)c2)C1=O. The molecule has 2 amide bonds. The summed E-state index contributed by atoms with van der Waals surface area (Å²) in [6, 6.07) is 11.7. The molecule has 2 aromatic rings. The summed E-state index contributed by atoms with van der Waals surface area (Å²) in [6.07, 6.45) is 2.92. The first-order chi connectivity index (χ1) is 13.0. The molecule has 1 saturated heterocycles. The van der Waals surface area contributed by atoms with Crippen LogP contribution in [0, 0.1) is 11.2 Å². The Morgan fingerprint density at radius 3 is 2.81 bits per heavy atom. The number of nitrogens with one attached hydrogen (secondary N) is 1. The van der Waals surface area contributed by atoms with Crippen LogP contribution in [0.2, 0.25) is 0 Å². The Morgan fingerprint density at radius 1 is 1.19 bits per heavy atom. The smallest absolute Gasteiger partial charge is 0.274 e. The number of rotatable bonds is 3. The second-order valence-corrected chi connectivity index (χ2v) is 7.49. The highest BCUT2D eigenvalue weighted by atomic mass is 19.1. The third kappa shape index (κ3) is 3.21. The van der Waals surface area contributed by atoms with Crippen molar-refractivity contribution in [3.05, 3.63) is 70.5 Å². The van der Waals surface area contributed by atoms with Gasteiger partial charge in [-0.15, -0.1) is 0 Å². The lowest BCUT2D eigenvalue weighted by molar-refractivity contribution is -0.137. The minimum absolute atomic E-state index is 0.106. The molecule has 2 N–H and O–H groups in total. The summed E-state index contributed by atoms with van der Waals surface area (Å²) in [6.45, 7) is 1.07. The van der Waals surface area contributed by atoms with Crippen molar-refractivity contribution in [1.29, 1.82) is 0 Å². The van der Waals surface area contributed by atoms with Gasteiger partial charge in [-0.1, -0.05) is 18.2 Å². The molecule has 1 atom stereocenters. The van der Waals surface area contributed by atoms with Gasteiger partial charge in [0.1, 0.15) is 5.82 Å². The number of likely N-dealkylation sites (tertiary alicyclic amines) is 1. The molecule has 1 aliphatic carbocycles. The van der Waals surface area contributed by atoms with Crippen LogP contribution in [0.25, 0.3) is 0 Å². The molecule has 5 nitrogen and oxygen atoms in total. The average Bonchev–Trinajstić information content (AvgIpc) is 2.96. The normalized spacial score (nSPS) is 21.4. The van der Waals surface area contributed by atoms with Crippen molar-refractivity contribution >= 4 is 11.8 Å². The topological polar surface area (TPSA) is 69.6 Å². The number of hydroxylamine groups is 1. The Morgan fingerprint density at radius 2 is 2.04 bits per heavy atom. The van der Waals surface area contributed by atoms with Gasteiger partial charge >= 0.3 is 0 Å². The molecule has 0 bridgehead atoms. The maximum Gasteiger partial charge on any atom is 0.274 e. The van der Waals surface area contributed by atoms with Crippen molar-refractivity contribution in [3.8, 4) is 0 Å². The van der Waals surface area contributed by atoms with Crippen LogP contribution >= 0.6 is 0 Å². The first-order valence-corrected chi connectivity index (χ1v) is 9.11. The zero-order chi connectivity index (χ0) is 19.0. The molecule has 0 aromatic heterocycles. The van der Waals surface area contributed by atoms with Gasteiger partial charge in [0.2, 0.25) is 5.91 Å². The van der Waals surface area contributed by atoms with E-state index in [0.29, 0.717) is 25.1 Å². The van der Waals surface area contributed by atoms with Crippen molar-refractivity contribution in [3.63, 3.8) is 0 Å². The predicted molar refractivity (Wildman–Crippen MR) is 96.6 cm³/mol. The zero-order valence-corrected chi connectivity index (χ0v) is 14.9. The second kappa shape index (κ2) is 6.78. The van der Waals surface area contributed by atoms with Crippen molar-refractivity contribution in [2.24, 2.45) is 5.41 Å². The quantitative estimate of drug-likeness (QED) is 0.647. The van der Waals surface area contributed by atoms with Crippen molar-refractivity contribution in [1.82, 2.24) is 10.4 Å². The van der Waals surface area contributed by atoms with Gasteiger partial charge in [0.05, 0.1) is 5.41 Å². The molecule has 2 aromatic carbocycles. The highest BCUT2D eigenvalue weighted by Crippen LogP contribution is 2.44. The Kier molecular flexibility index (Phi) is 4.44. The van der Waals surface area contributed by atoms with E-state index in [1.807, 2.05) is 17.0 Å². The summed E-state index contributed by atoms with van der Waals surface area (Å²) in [5.41, 5.74) is 4.51. The molecular formula is C21H21FN2O3. The van der Waals surface area contributed by atoms with E-state index in [2.05, 4.69) is 0 Å². The maximum absolute atomic E-state index is 13.4. The van der Waals surface area contributed by atoms with Gasteiger partial charge in [0.15, 0.2) is 0 Å². The summed E-state index contributed by atoms with van der Waals surface area (Å²) in [5, 5.41) is 8.85. The molecule has 1 fully saturated rings. The number of aryl methyl sites for hydroxylation is 1. The van der Waals surface area contributed by atoms with Crippen molar-refractivity contribution in [2.75, 3.05) is 6.54 Å². The van der Waals surface area contributed by atoms with Gasteiger partial charge < -0.3 is 4.90 Å². The van der Waals surface area contributed by atoms with E-state index in [1.54, 1.807) is 23.7 Å². The molecule has 0 saturated carbocycles. The van der Waals surface area contributed by atoms with E-state index >= 15 is 0 Å². The molecule has 140 valence electrons. The number of halogens is 1. The van der Waals surface area contributed by atoms with E-state index < -0.39 is 11.3 Å². The Labute approximate surface area is 156 Å². The van der Waals surface area contributed by atoms with Crippen molar-refractivity contribution in [2.45, 2.75) is 32.2 Å². The van der Waals surface area contributed by atoms with Gasteiger partial charge in [0, 0.05) is 18.7 Å². The van der Waals surface area contributed by atoms with Gasteiger partial charge in [-0.2, -0.15) is 0 Å². The van der Waals surface area contributed by atoms with Crippen LogP contribution in [0.15, 0.2) is 42.5 Å². The van der Waals surface area contributed by atoms with Gasteiger partial charge in [0.25, 0.3) is 5.91 Å². The lowest BCUT2D eigenvalue weighted by Gasteiger charge is -2.33. The van der Waals surface area contributed by atoms with Crippen LogP contribution in [-0.4, -0.2) is 28.5 Å². The minimum Gasteiger partial charge on any atom is -0.338 e. The number of amides is 2. The number of hydrogen-bond acceptors (Lipinski definition) is 3. The average molecular weight is 368 g/mol. The Balaban J connectivity index is 1.55. The Hall–Kier alpha value is -2.73. The predicted octanol–water partition coefficient (Wildman–Crippen LogP) is 2.85. The lowest BCUT2D eigenvalue weighted by atomic mass is 9.70. The molecule has 27 heavy (non-hydrogen) atoms. The highest BCUT2D eigenvalue weighted by Gasteiger charge is 2.48. The summed E-state index contributed by atoms with van der Waals surface area (Å²) in [4.78, 5) is 26.7. The number of hydrogen-bond donors (Lipinski definition) is 2. The fraction of sp³-hybridized carbons (Fsp3) is 0.333. The molecule has 1 spiro atoms. The second-order valence-electron chi connectivity index (χ2n) is 7.49. The van der Waals surface area contributed by atoms with E-state index in [0.717, 1.165) is 36.0 Å². The molecule has 6 heteroatoms. The molecule has 1 aliphatic heterocycles. The third-order valence-electron chi connectivity index (χ3n) is 5.84. The lowest BCUT2D eigenvalue weighted by Crippen LogP contribution is -2.38. The molecule has 0 radical (unpaired) electrons. The monoisotopic (exact) mass is 368 g/mol. The molecular weight excluding hydrogens is 347 g/mol. The van der Waals surface area contributed by atoms with Crippen molar-refractivity contribution < 1.29 is 19.2 Å². The van der Waals surface area contributed by atoms with E-state index in [-0.39, 0.29) is 11.7 Å². The van der Waals surface area contributed by atoms with Crippen LogP contribution in [0.3, 0.4) is 0 Å². The summed E-state index contributed by atoms with van der Waals surface area (Å²) >= 11 is 0. The van der Waals surface area contributed by atoms with Crippen LogP contribution < -0.4 is 5.48 Å². The fourth-order valence-corrected chi connectivity index (χ4v) is 4.36. The van der Waals surface area contributed by atoms with Gasteiger partial charge in [-0.05, 0) is 66.6 Å². The maximum atomic E-state index is 13.4. The Bertz CT molecular complexity index is 914. The van der Waals surface area contributed by atoms with Crippen LogP contribution in [0.4, 0.5) is 4.39 Å². The molecule has 4 rings (SSSR count). The number of benzene rings is 2. The number of carbonyl (C=O) groups excluding carboxylic acids is 2. The van der Waals surface area contributed by atoms with Crippen LogP contribution in [0.5, 0.6) is 0 Å². The summed E-state index contributed by atoms with van der Waals surface area (Å²) < 4.78 is 13.4. The van der Waals surface area contributed by atoms with Crippen LogP contribution in [0.1, 0.15) is 39.9 Å². The minimum atomic E-state index is -0.553. The summed E-state index contributed by atoms with van der Waals surface area (Å²) in [5.74, 6) is -0.743. The molecule has 0 unspecified atom stereocenters. The number of carbonyl (C=O) groups is 2. The molecule has 1 heterocycles. The van der Waals surface area contributed by atoms with Crippen LogP contribution in [-0.2, 0) is 24.2 Å². The fourth-order valence-electron chi connectivity index (χ4n) is 4.36. The van der Waals surface area contributed by atoms with E-state index in [4.69, 9.17) is 5.21 Å². The summed E-state index contributed by atoms with van der Waals surface area (Å²) in [7, 11) is 0. The van der Waals surface area contributed by atoms with E-state index in [9.17, 15) is 14.0 Å². The third-order valence-corrected chi connectivity index (χ3v) is 5.84. The standard InChI is InChI=1S/C21H21FN2O3/c22-18-3-1-2-14(10-18)13-24-9-8-21(20(24)26)7-6-15-4-5-16(19(25)23-27)11-17(15)12-21/h1-5,10-11,27H,6-9,12-13H2,(H,23,25)/t21-/m0/s1. The zero-order valence-electron chi connectivity index (χ0n) is 14.9. The first-order valence-electron chi connectivity index (χ1n) is 9.11. The highest BCUT2D eigenvalue weighted by molar-refractivity contribution is 5.93. The number of nitrogens with zero attached hydrogens (tertiary/aromatic N) is 1. The van der Waals surface area contributed by atoms with Gasteiger partial charge in [-0.25, -0.2) is 9.87 Å². The molecule has 2 aliphatic rings.